The summed E-state index contributed by atoms with van der Waals surface area (Å²) in [6.45, 7) is 3.75. The third-order valence-corrected chi connectivity index (χ3v) is 7.86. The van der Waals surface area contributed by atoms with Crippen LogP contribution in [-0.4, -0.2) is 27.5 Å². The Morgan fingerprint density at radius 2 is 2.23 bits per heavy atom. The fraction of sp³-hybridized carbons (Fsp3) is 0.391. The molecule has 8 heteroatoms. The molecule has 0 radical (unpaired) electrons. The maximum absolute atomic E-state index is 12.8. The van der Waals surface area contributed by atoms with Crippen molar-refractivity contribution >= 4 is 38.7 Å². The van der Waals surface area contributed by atoms with Gasteiger partial charge in [0.25, 0.3) is 0 Å². The Morgan fingerprint density at radius 3 is 3.06 bits per heavy atom. The molecule has 5 rings (SSSR count). The minimum absolute atomic E-state index is 0.298. The van der Waals surface area contributed by atoms with E-state index in [1.807, 2.05) is 31.5 Å². The molecule has 0 aromatic carbocycles. The lowest BCUT2D eigenvalue weighted by Gasteiger charge is -2.13. The first-order chi connectivity index (χ1) is 15.2. The lowest BCUT2D eigenvalue weighted by molar-refractivity contribution is -0.118. The summed E-state index contributed by atoms with van der Waals surface area (Å²) in [5, 5.41) is 8.50. The predicted molar refractivity (Wildman–Crippen MR) is 124 cm³/mol. The van der Waals surface area contributed by atoms with Crippen molar-refractivity contribution in [1.29, 1.82) is 0 Å². The number of Topliss-reactive ketones (excluding diaryl/α,β-unsaturated/α-hetero) is 1. The number of pyridine rings is 1. The third-order valence-electron chi connectivity index (χ3n) is 5.58. The van der Waals surface area contributed by atoms with Gasteiger partial charge in [-0.2, -0.15) is 0 Å². The first kappa shape index (κ1) is 20.5. The highest BCUT2D eigenvalue weighted by Gasteiger charge is 2.25. The van der Waals surface area contributed by atoms with Crippen LogP contribution in [0.25, 0.3) is 20.8 Å². The standard InChI is InChI=1S/C23H24N4O2S2/c1-14-10-15(27-29-14)4-2-3-5-16(28)11-20-22(17-6-8-25-13-21(17)30-20)23-26-18-12-24-9-7-19(18)31-23/h7,9-10,12,25H,2-6,8,11,13H2,1H3. The summed E-state index contributed by atoms with van der Waals surface area (Å²) < 4.78 is 6.25. The van der Waals surface area contributed by atoms with Gasteiger partial charge in [-0.05, 0) is 50.8 Å². The van der Waals surface area contributed by atoms with Crippen LogP contribution in [0.4, 0.5) is 0 Å². The molecule has 31 heavy (non-hydrogen) atoms. The smallest absolute Gasteiger partial charge is 0.138 e. The van der Waals surface area contributed by atoms with Crippen molar-refractivity contribution in [2.45, 2.75) is 52.0 Å². The fourth-order valence-corrected chi connectivity index (χ4v) is 6.53. The van der Waals surface area contributed by atoms with Crippen molar-refractivity contribution in [3.63, 3.8) is 0 Å². The van der Waals surface area contributed by atoms with E-state index in [4.69, 9.17) is 9.51 Å². The Kier molecular flexibility index (Phi) is 5.93. The third kappa shape index (κ3) is 4.46. The van der Waals surface area contributed by atoms with E-state index in [-0.39, 0.29) is 0 Å². The maximum Gasteiger partial charge on any atom is 0.138 e. The van der Waals surface area contributed by atoms with Crippen molar-refractivity contribution in [1.82, 2.24) is 20.4 Å². The average Bonchev–Trinajstić information content (AvgIpc) is 3.46. The molecule has 1 aliphatic heterocycles. The van der Waals surface area contributed by atoms with E-state index in [0.717, 1.165) is 70.3 Å². The van der Waals surface area contributed by atoms with Gasteiger partial charge in [-0.3, -0.25) is 9.78 Å². The molecule has 0 atom stereocenters. The van der Waals surface area contributed by atoms with E-state index in [1.54, 1.807) is 22.7 Å². The number of fused-ring (bicyclic) bond motifs is 2. The number of hydrogen-bond donors (Lipinski definition) is 1. The second-order valence-electron chi connectivity index (χ2n) is 7.94. The van der Waals surface area contributed by atoms with Crippen molar-refractivity contribution < 1.29 is 9.32 Å². The zero-order chi connectivity index (χ0) is 21.2. The maximum atomic E-state index is 12.8. The molecule has 0 bridgehead atoms. The zero-order valence-electron chi connectivity index (χ0n) is 17.4. The fourth-order valence-electron chi connectivity index (χ4n) is 4.08. The second-order valence-corrected chi connectivity index (χ2v) is 10.2. The van der Waals surface area contributed by atoms with Gasteiger partial charge in [0, 0.05) is 47.0 Å². The average molecular weight is 453 g/mol. The number of ketones is 1. The highest BCUT2D eigenvalue weighted by Crippen LogP contribution is 2.41. The van der Waals surface area contributed by atoms with E-state index in [9.17, 15) is 4.79 Å². The Balaban J connectivity index is 1.31. The van der Waals surface area contributed by atoms with Crippen molar-refractivity contribution in [2.75, 3.05) is 6.54 Å². The molecule has 4 aromatic heterocycles. The summed E-state index contributed by atoms with van der Waals surface area (Å²) in [5.41, 5.74) is 4.47. The number of thiophene rings is 1. The SMILES string of the molecule is Cc1cc(CCCCC(=O)Cc2sc3c(c2-c2nc4cnccc4s2)CCNC3)no1. The van der Waals surface area contributed by atoms with Gasteiger partial charge in [-0.15, -0.1) is 22.7 Å². The minimum Gasteiger partial charge on any atom is -0.361 e. The second kappa shape index (κ2) is 8.98. The van der Waals surface area contributed by atoms with Crippen LogP contribution >= 0.6 is 22.7 Å². The Morgan fingerprint density at radius 1 is 1.29 bits per heavy atom. The molecule has 0 saturated heterocycles. The summed E-state index contributed by atoms with van der Waals surface area (Å²) >= 11 is 3.48. The molecule has 160 valence electrons. The molecule has 0 unspecified atom stereocenters. The van der Waals surface area contributed by atoms with Crippen molar-refractivity contribution in [3.05, 3.63) is 51.3 Å². The highest BCUT2D eigenvalue weighted by atomic mass is 32.1. The van der Waals surface area contributed by atoms with Gasteiger partial charge in [0.1, 0.15) is 22.1 Å². The number of carbonyl (C=O) groups is 1. The molecule has 0 aliphatic carbocycles. The topological polar surface area (TPSA) is 80.9 Å². The number of aromatic nitrogens is 3. The van der Waals surface area contributed by atoms with Crippen LogP contribution in [0.3, 0.4) is 0 Å². The summed E-state index contributed by atoms with van der Waals surface area (Å²) in [5.74, 6) is 1.13. The quantitative estimate of drug-likeness (QED) is 0.384. The number of rotatable bonds is 8. The largest absolute Gasteiger partial charge is 0.361 e. The van der Waals surface area contributed by atoms with Gasteiger partial charge in [0.2, 0.25) is 0 Å². The van der Waals surface area contributed by atoms with Crippen LogP contribution in [0.5, 0.6) is 0 Å². The molecule has 1 aliphatic rings. The number of thiazole rings is 1. The normalized spacial score (nSPS) is 13.6. The van der Waals surface area contributed by atoms with Gasteiger partial charge in [-0.25, -0.2) is 4.98 Å². The van der Waals surface area contributed by atoms with Crippen molar-refractivity contribution in [3.8, 4) is 10.6 Å². The lowest BCUT2D eigenvalue weighted by atomic mass is 10.00. The van der Waals surface area contributed by atoms with Gasteiger partial charge in [-0.1, -0.05) is 5.16 Å². The minimum atomic E-state index is 0.298. The molecule has 0 fully saturated rings. The van der Waals surface area contributed by atoms with Gasteiger partial charge in [0.15, 0.2) is 0 Å². The number of nitrogens with zero attached hydrogens (tertiary/aromatic N) is 3. The zero-order valence-corrected chi connectivity index (χ0v) is 19.1. The number of carbonyl (C=O) groups excluding carboxylic acids is 1. The summed E-state index contributed by atoms with van der Waals surface area (Å²) in [6.07, 6.45) is 8.37. The molecule has 1 N–H and O–H groups in total. The summed E-state index contributed by atoms with van der Waals surface area (Å²) in [6, 6.07) is 3.98. The van der Waals surface area contributed by atoms with Gasteiger partial charge in [0.05, 0.1) is 16.6 Å². The number of hydrogen-bond acceptors (Lipinski definition) is 8. The molecular weight excluding hydrogens is 428 g/mol. The molecule has 4 aromatic rings. The lowest BCUT2D eigenvalue weighted by Crippen LogP contribution is -2.22. The van der Waals surface area contributed by atoms with E-state index in [0.29, 0.717) is 18.6 Å². The highest BCUT2D eigenvalue weighted by molar-refractivity contribution is 7.22. The van der Waals surface area contributed by atoms with Gasteiger partial charge >= 0.3 is 0 Å². The molecule has 5 heterocycles. The number of aryl methyl sites for hydroxylation is 2. The van der Waals surface area contributed by atoms with E-state index < -0.39 is 0 Å². The molecule has 6 nitrogen and oxygen atoms in total. The Labute approximate surface area is 188 Å². The number of unbranched alkanes of at least 4 members (excludes halogenated alkanes) is 1. The van der Waals surface area contributed by atoms with Crippen molar-refractivity contribution in [2.24, 2.45) is 0 Å². The van der Waals surface area contributed by atoms with E-state index in [2.05, 4.69) is 15.5 Å². The van der Waals surface area contributed by atoms with Crippen LogP contribution < -0.4 is 5.32 Å². The first-order valence-electron chi connectivity index (χ1n) is 10.7. The molecular formula is C23H24N4O2S2. The first-order valence-corrected chi connectivity index (χ1v) is 12.3. The van der Waals surface area contributed by atoms with Gasteiger partial charge < -0.3 is 9.84 Å². The summed E-state index contributed by atoms with van der Waals surface area (Å²) in [7, 11) is 0. The van der Waals surface area contributed by atoms with E-state index >= 15 is 0 Å². The molecule has 0 saturated carbocycles. The van der Waals surface area contributed by atoms with E-state index in [1.165, 1.54) is 16.0 Å². The van der Waals surface area contributed by atoms with Crippen LogP contribution in [0, 0.1) is 6.92 Å². The van der Waals surface area contributed by atoms with Crippen LogP contribution in [-0.2, 0) is 30.6 Å². The predicted octanol–water partition coefficient (Wildman–Crippen LogP) is 4.89. The number of nitrogens with one attached hydrogen (secondary N) is 1. The van der Waals surface area contributed by atoms with Crippen LogP contribution in [0.15, 0.2) is 29.0 Å². The Bertz CT molecular complexity index is 1190. The summed E-state index contributed by atoms with van der Waals surface area (Å²) in [4.78, 5) is 24.4. The van der Waals surface area contributed by atoms with Crippen LogP contribution in [0.2, 0.25) is 0 Å². The monoisotopic (exact) mass is 452 g/mol. The Hall–Kier alpha value is -2.42. The molecule has 0 spiro atoms. The molecule has 0 amide bonds. The van der Waals surface area contributed by atoms with Crippen LogP contribution in [0.1, 0.15) is 46.0 Å².